The summed E-state index contributed by atoms with van der Waals surface area (Å²) in [6.45, 7) is 1.80. The van der Waals surface area contributed by atoms with Crippen LogP contribution in [0.25, 0.3) is 0 Å². The average molecular weight is 247 g/mol. The zero-order chi connectivity index (χ0) is 12.8. The SMILES string of the molecule is CN(CCC(=O)NC1CC1)CCc1ccncc1. The van der Waals surface area contributed by atoms with Gasteiger partial charge in [-0.15, -0.1) is 0 Å². The fraction of sp³-hybridized carbons (Fsp3) is 0.571. The summed E-state index contributed by atoms with van der Waals surface area (Å²) in [5, 5.41) is 3.01. The lowest BCUT2D eigenvalue weighted by Gasteiger charge is -2.16. The molecule has 0 spiro atoms. The Morgan fingerprint density at radius 3 is 2.78 bits per heavy atom. The number of carbonyl (C=O) groups is 1. The zero-order valence-electron chi connectivity index (χ0n) is 10.9. The van der Waals surface area contributed by atoms with E-state index >= 15 is 0 Å². The zero-order valence-corrected chi connectivity index (χ0v) is 10.9. The van der Waals surface area contributed by atoms with Crippen LogP contribution >= 0.6 is 0 Å². The molecule has 18 heavy (non-hydrogen) atoms. The Hall–Kier alpha value is -1.42. The predicted molar refractivity (Wildman–Crippen MR) is 71.2 cm³/mol. The Kier molecular flexibility index (Phi) is 4.70. The molecule has 0 unspecified atom stereocenters. The van der Waals surface area contributed by atoms with Crippen molar-refractivity contribution in [3.8, 4) is 0 Å². The van der Waals surface area contributed by atoms with Crippen LogP contribution in [0.2, 0.25) is 0 Å². The highest BCUT2D eigenvalue weighted by atomic mass is 16.1. The first-order chi connectivity index (χ1) is 8.74. The summed E-state index contributed by atoms with van der Waals surface area (Å²) in [6, 6.07) is 4.54. The standard InChI is InChI=1S/C14H21N3O/c1-17(10-6-12-4-8-15-9-5-12)11-7-14(18)16-13-2-3-13/h4-5,8-9,13H,2-3,6-7,10-11H2,1H3,(H,16,18). The van der Waals surface area contributed by atoms with Crippen LogP contribution < -0.4 is 5.32 Å². The lowest BCUT2D eigenvalue weighted by atomic mass is 10.2. The van der Waals surface area contributed by atoms with Gasteiger partial charge >= 0.3 is 0 Å². The van der Waals surface area contributed by atoms with Crippen molar-refractivity contribution in [3.05, 3.63) is 30.1 Å². The minimum Gasteiger partial charge on any atom is -0.353 e. The second-order valence-electron chi connectivity index (χ2n) is 5.00. The molecule has 1 fully saturated rings. The topological polar surface area (TPSA) is 45.2 Å². The predicted octanol–water partition coefficient (Wildman–Crippen LogP) is 1.22. The van der Waals surface area contributed by atoms with Gasteiger partial charge in [-0.05, 0) is 44.0 Å². The van der Waals surface area contributed by atoms with Crippen molar-refractivity contribution in [1.29, 1.82) is 0 Å². The van der Waals surface area contributed by atoms with Crippen LogP contribution in [0.3, 0.4) is 0 Å². The monoisotopic (exact) mass is 247 g/mol. The van der Waals surface area contributed by atoms with Crippen LogP contribution in [0, 0.1) is 0 Å². The molecule has 98 valence electrons. The summed E-state index contributed by atoms with van der Waals surface area (Å²) in [6.07, 6.45) is 7.55. The minimum atomic E-state index is 0.188. The van der Waals surface area contributed by atoms with Crippen LogP contribution in [0.15, 0.2) is 24.5 Å². The van der Waals surface area contributed by atoms with E-state index in [0.717, 1.165) is 32.4 Å². The molecule has 1 amide bonds. The van der Waals surface area contributed by atoms with E-state index in [-0.39, 0.29) is 5.91 Å². The fourth-order valence-electron chi connectivity index (χ4n) is 1.80. The summed E-state index contributed by atoms with van der Waals surface area (Å²) in [5.41, 5.74) is 1.29. The Labute approximate surface area is 108 Å². The van der Waals surface area contributed by atoms with E-state index in [4.69, 9.17) is 0 Å². The second kappa shape index (κ2) is 6.50. The number of carbonyl (C=O) groups excluding carboxylic acids is 1. The van der Waals surface area contributed by atoms with Gasteiger partial charge in [-0.3, -0.25) is 9.78 Å². The van der Waals surface area contributed by atoms with Crippen LogP contribution in [-0.2, 0) is 11.2 Å². The maximum absolute atomic E-state index is 11.5. The van der Waals surface area contributed by atoms with Gasteiger partial charge in [-0.2, -0.15) is 0 Å². The normalized spacial score (nSPS) is 14.8. The van der Waals surface area contributed by atoms with E-state index in [2.05, 4.69) is 22.2 Å². The molecule has 0 aromatic carbocycles. The quantitative estimate of drug-likeness (QED) is 0.788. The number of aromatic nitrogens is 1. The number of pyridine rings is 1. The van der Waals surface area contributed by atoms with Crippen molar-refractivity contribution < 1.29 is 4.79 Å². The van der Waals surface area contributed by atoms with Crippen molar-refractivity contribution in [3.63, 3.8) is 0 Å². The van der Waals surface area contributed by atoms with Crippen molar-refractivity contribution in [2.24, 2.45) is 0 Å². The molecule has 0 atom stereocenters. The molecule has 1 N–H and O–H groups in total. The highest BCUT2D eigenvalue weighted by molar-refractivity contribution is 5.76. The van der Waals surface area contributed by atoms with Crippen LogP contribution in [0.4, 0.5) is 0 Å². The van der Waals surface area contributed by atoms with E-state index in [1.54, 1.807) is 0 Å². The Balaban J connectivity index is 1.59. The third-order valence-electron chi connectivity index (χ3n) is 3.19. The Morgan fingerprint density at radius 1 is 1.39 bits per heavy atom. The Morgan fingerprint density at radius 2 is 2.11 bits per heavy atom. The summed E-state index contributed by atoms with van der Waals surface area (Å²) in [4.78, 5) is 17.7. The molecule has 0 radical (unpaired) electrons. The van der Waals surface area contributed by atoms with Gasteiger partial charge < -0.3 is 10.2 Å². The fourth-order valence-corrected chi connectivity index (χ4v) is 1.80. The highest BCUT2D eigenvalue weighted by Crippen LogP contribution is 2.18. The number of nitrogens with zero attached hydrogens (tertiary/aromatic N) is 2. The molecule has 4 nitrogen and oxygen atoms in total. The van der Waals surface area contributed by atoms with Crippen molar-refractivity contribution in [2.45, 2.75) is 31.7 Å². The second-order valence-corrected chi connectivity index (χ2v) is 5.00. The van der Waals surface area contributed by atoms with E-state index in [1.807, 2.05) is 24.5 Å². The summed E-state index contributed by atoms with van der Waals surface area (Å²) < 4.78 is 0. The molecule has 4 heteroatoms. The van der Waals surface area contributed by atoms with E-state index < -0.39 is 0 Å². The molecule has 1 aromatic rings. The maximum Gasteiger partial charge on any atom is 0.221 e. The lowest BCUT2D eigenvalue weighted by molar-refractivity contribution is -0.121. The third-order valence-corrected chi connectivity index (χ3v) is 3.19. The van der Waals surface area contributed by atoms with Gasteiger partial charge in [-0.1, -0.05) is 0 Å². The lowest BCUT2D eigenvalue weighted by Crippen LogP contribution is -2.30. The molecule has 1 heterocycles. The molecular formula is C14H21N3O. The molecule has 1 saturated carbocycles. The number of likely N-dealkylation sites (N-methyl/N-ethyl adjacent to an activating group) is 1. The first kappa shape index (κ1) is 13.0. The largest absolute Gasteiger partial charge is 0.353 e. The smallest absolute Gasteiger partial charge is 0.221 e. The van der Waals surface area contributed by atoms with Crippen LogP contribution in [-0.4, -0.2) is 42.0 Å². The van der Waals surface area contributed by atoms with Gasteiger partial charge in [0, 0.05) is 37.9 Å². The molecule has 1 aromatic heterocycles. The molecule has 1 aliphatic carbocycles. The number of hydrogen-bond donors (Lipinski definition) is 1. The summed E-state index contributed by atoms with van der Waals surface area (Å²) in [5.74, 6) is 0.188. The molecule has 0 bridgehead atoms. The number of nitrogens with one attached hydrogen (secondary N) is 1. The first-order valence-corrected chi connectivity index (χ1v) is 6.61. The molecule has 0 saturated heterocycles. The van der Waals surface area contributed by atoms with Crippen molar-refractivity contribution in [2.75, 3.05) is 20.1 Å². The van der Waals surface area contributed by atoms with E-state index in [0.29, 0.717) is 12.5 Å². The van der Waals surface area contributed by atoms with Crippen molar-refractivity contribution >= 4 is 5.91 Å². The van der Waals surface area contributed by atoms with Gasteiger partial charge in [-0.25, -0.2) is 0 Å². The molecule has 1 aliphatic rings. The van der Waals surface area contributed by atoms with E-state index in [9.17, 15) is 4.79 Å². The number of rotatable bonds is 7. The molecule has 2 rings (SSSR count). The van der Waals surface area contributed by atoms with Gasteiger partial charge in [0.25, 0.3) is 0 Å². The van der Waals surface area contributed by atoms with Crippen molar-refractivity contribution in [1.82, 2.24) is 15.2 Å². The van der Waals surface area contributed by atoms with Crippen LogP contribution in [0.1, 0.15) is 24.8 Å². The average Bonchev–Trinajstić information content (AvgIpc) is 3.19. The minimum absolute atomic E-state index is 0.188. The van der Waals surface area contributed by atoms with Crippen LogP contribution in [0.5, 0.6) is 0 Å². The molecule has 0 aliphatic heterocycles. The van der Waals surface area contributed by atoms with Gasteiger partial charge in [0.1, 0.15) is 0 Å². The summed E-state index contributed by atoms with van der Waals surface area (Å²) >= 11 is 0. The van der Waals surface area contributed by atoms with E-state index in [1.165, 1.54) is 5.56 Å². The number of hydrogen-bond acceptors (Lipinski definition) is 3. The van der Waals surface area contributed by atoms with Gasteiger partial charge in [0.05, 0.1) is 0 Å². The number of amides is 1. The first-order valence-electron chi connectivity index (χ1n) is 6.61. The highest BCUT2D eigenvalue weighted by Gasteiger charge is 2.22. The van der Waals surface area contributed by atoms with Gasteiger partial charge in [0.2, 0.25) is 5.91 Å². The summed E-state index contributed by atoms with van der Waals surface area (Å²) in [7, 11) is 2.06. The molecular weight excluding hydrogens is 226 g/mol. The Bertz CT molecular complexity index is 376. The van der Waals surface area contributed by atoms with Gasteiger partial charge in [0.15, 0.2) is 0 Å². The third kappa shape index (κ3) is 4.84. The maximum atomic E-state index is 11.5.